The van der Waals surface area contributed by atoms with E-state index < -0.39 is 20.0 Å². The third kappa shape index (κ3) is 5.22. The van der Waals surface area contributed by atoms with Crippen molar-refractivity contribution in [1.29, 1.82) is 0 Å². The van der Waals surface area contributed by atoms with Crippen LogP contribution in [0.25, 0.3) is 0 Å². The Morgan fingerprint density at radius 1 is 1.07 bits per heavy atom. The molecular formula is C20H26N2O5S2. The lowest BCUT2D eigenvalue weighted by molar-refractivity contribution is 0.271. The van der Waals surface area contributed by atoms with Gasteiger partial charge in [-0.1, -0.05) is 19.9 Å². The first-order chi connectivity index (χ1) is 13.6. The van der Waals surface area contributed by atoms with E-state index in [9.17, 15) is 16.8 Å². The summed E-state index contributed by atoms with van der Waals surface area (Å²) in [4.78, 5) is 0.104. The van der Waals surface area contributed by atoms with Crippen molar-refractivity contribution in [3.8, 4) is 5.75 Å². The lowest BCUT2D eigenvalue weighted by Crippen LogP contribution is -2.34. The van der Waals surface area contributed by atoms with Crippen LogP contribution in [0.2, 0.25) is 0 Å². The first-order valence-corrected chi connectivity index (χ1v) is 12.8. The summed E-state index contributed by atoms with van der Waals surface area (Å²) < 4.78 is 59.1. The maximum absolute atomic E-state index is 12.7. The van der Waals surface area contributed by atoms with Crippen LogP contribution in [0.1, 0.15) is 25.8 Å². The molecule has 0 aliphatic carbocycles. The Kier molecular flexibility index (Phi) is 6.09. The van der Waals surface area contributed by atoms with Gasteiger partial charge in [-0.2, -0.15) is 0 Å². The molecule has 0 atom stereocenters. The molecule has 2 aromatic carbocycles. The number of hydrogen-bond acceptors (Lipinski definition) is 5. The van der Waals surface area contributed by atoms with Crippen LogP contribution in [0.15, 0.2) is 47.4 Å². The van der Waals surface area contributed by atoms with Gasteiger partial charge in [0.15, 0.2) is 0 Å². The monoisotopic (exact) mass is 438 g/mol. The lowest BCUT2D eigenvalue weighted by atomic mass is 10.0. The maximum Gasteiger partial charge on any atom is 0.261 e. The van der Waals surface area contributed by atoms with E-state index in [-0.39, 0.29) is 4.90 Å². The van der Waals surface area contributed by atoms with Crippen LogP contribution >= 0.6 is 0 Å². The van der Waals surface area contributed by atoms with Gasteiger partial charge in [0.2, 0.25) is 10.0 Å². The molecule has 1 aliphatic heterocycles. The Hall–Kier alpha value is -2.26. The van der Waals surface area contributed by atoms with Gasteiger partial charge in [0.25, 0.3) is 10.0 Å². The molecule has 0 spiro atoms. The summed E-state index contributed by atoms with van der Waals surface area (Å²) in [5, 5.41) is 0. The topological polar surface area (TPSA) is 92.8 Å². The molecule has 0 aromatic heterocycles. The van der Waals surface area contributed by atoms with Crippen molar-refractivity contribution in [2.24, 2.45) is 5.92 Å². The number of benzene rings is 2. The van der Waals surface area contributed by atoms with Crippen LogP contribution in [0.3, 0.4) is 0 Å². The second-order valence-electron chi connectivity index (χ2n) is 7.56. The first-order valence-electron chi connectivity index (χ1n) is 9.42. The van der Waals surface area contributed by atoms with Gasteiger partial charge in [0, 0.05) is 6.54 Å². The molecule has 1 heterocycles. The van der Waals surface area contributed by atoms with Gasteiger partial charge in [0.1, 0.15) is 5.75 Å². The highest BCUT2D eigenvalue weighted by molar-refractivity contribution is 7.92. The van der Waals surface area contributed by atoms with E-state index in [1.54, 1.807) is 30.3 Å². The van der Waals surface area contributed by atoms with Crippen molar-refractivity contribution in [2.75, 3.05) is 28.4 Å². The van der Waals surface area contributed by atoms with E-state index in [1.165, 1.54) is 16.4 Å². The lowest BCUT2D eigenvalue weighted by Gasteiger charge is -2.29. The van der Waals surface area contributed by atoms with Crippen LogP contribution in [0.5, 0.6) is 5.75 Å². The molecule has 1 aliphatic rings. The SMILES string of the molecule is CC(C)COc1ccc(S(=O)(=O)Nc2ccc3c(c2)N(S(C)(=O)=O)CCC3)cc1. The minimum atomic E-state index is -3.81. The molecule has 0 unspecified atom stereocenters. The fourth-order valence-corrected chi connectivity index (χ4v) is 5.18. The van der Waals surface area contributed by atoms with Crippen molar-refractivity contribution in [1.82, 2.24) is 0 Å². The number of hydrogen-bond donors (Lipinski definition) is 1. The molecular weight excluding hydrogens is 412 g/mol. The van der Waals surface area contributed by atoms with Crippen LogP contribution in [-0.4, -0.2) is 36.2 Å². The summed E-state index contributed by atoms with van der Waals surface area (Å²) in [6, 6.07) is 11.2. The molecule has 1 N–H and O–H groups in total. The summed E-state index contributed by atoms with van der Waals surface area (Å²) in [5.74, 6) is 0.978. The number of nitrogens with zero attached hydrogens (tertiary/aromatic N) is 1. The number of ether oxygens (including phenoxy) is 1. The molecule has 0 fully saturated rings. The van der Waals surface area contributed by atoms with E-state index >= 15 is 0 Å². The predicted molar refractivity (Wildman–Crippen MR) is 115 cm³/mol. The third-order valence-corrected chi connectivity index (χ3v) is 7.11. The average molecular weight is 439 g/mol. The van der Waals surface area contributed by atoms with E-state index in [1.807, 2.05) is 13.8 Å². The van der Waals surface area contributed by atoms with Crippen LogP contribution in [-0.2, 0) is 26.5 Å². The van der Waals surface area contributed by atoms with Gasteiger partial charge in [-0.3, -0.25) is 9.03 Å². The van der Waals surface area contributed by atoms with Crippen molar-refractivity contribution in [2.45, 2.75) is 31.6 Å². The molecule has 9 heteroatoms. The van der Waals surface area contributed by atoms with Crippen molar-refractivity contribution in [3.63, 3.8) is 0 Å². The smallest absolute Gasteiger partial charge is 0.261 e. The molecule has 0 saturated heterocycles. The van der Waals surface area contributed by atoms with Gasteiger partial charge < -0.3 is 4.74 Å². The Morgan fingerprint density at radius 2 is 1.76 bits per heavy atom. The second kappa shape index (κ2) is 8.23. The van der Waals surface area contributed by atoms with Gasteiger partial charge in [0.05, 0.1) is 29.1 Å². The van der Waals surface area contributed by atoms with E-state index in [4.69, 9.17) is 4.74 Å². The quantitative estimate of drug-likeness (QED) is 0.716. The molecule has 3 rings (SSSR count). The number of sulfonamides is 2. The highest BCUT2D eigenvalue weighted by atomic mass is 32.2. The molecule has 7 nitrogen and oxygen atoms in total. The zero-order valence-electron chi connectivity index (χ0n) is 16.8. The predicted octanol–water partition coefficient (Wildman–Crippen LogP) is 3.23. The van der Waals surface area contributed by atoms with Crippen LogP contribution in [0, 0.1) is 5.92 Å². The summed E-state index contributed by atoms with van der Waals surface area (Å²) in [7, 11) is -7.24. The summed E-state index contributed by atoms with van der Waals surface area (Å²) >= 11 is 0. The highest BCUT2D eigenvalue weighted by Gasteiger charge is 2.25. The molecule has 2 aromatic rings. The standard InChI is InChI=1S/C20H26N2O5S2/c1-15(2)14-27-18-8-10-19(11-9-18)29(25,26)21-17-7-6-16-5-4-12-22(20(16)13-17)28(3,23)24/h6-11,13,15,21H,4-5,12,14H2,1-3H3. The summed E-state index contributed by atoms with van der Waals surface area (Å²) in [6.07, 6.45) is 2.64. The van der Waals surface area contributed by atoms with Gasteiger partial charge in [-0.05, 0) is 60.7 Å². The fraction of sp³-hybridized carbons (Fsp3) is 0.400. The first kappa shape index (κ1) is 21.4. The van der Waals surface area contributed by atoms with Gasteiger partial charge in [-0.15, -0.1) is 0 Å². The Labute approximate surface area is 172 Å². The largest absolute Gasteiger partial charge is 0.493 e. The number of aryl methyl sites for hydroxylation is 1. The van der Waals surface area contributed by atoms with Crippen LogP contribution < -0.4 is 13.8 Å². The highest BCUT2D eigenvalue weighted by Crippen LogP contribution is 2.32. The minimum Gasteiger partial charge on any atom is -0.493 e. The molecule has 0 radical (unpaired) electrons. The van der Waals surface area contributed by atoms with Gasteiger partial charge in [-0.25, -0.2) is 16.8 Å². The Balaban J connectivity index is 1.82. The number of nitrogens with one attached hydrogen (secondary N) is 1. The summed E-state index contributed by atoms with van der Waals surface area (Å²) in [5.41, 5.74) is 1.73. The van der Waals surface area contributed by atoms with E-state index in [0.717, 1.165) is 24.7 Å². The molecule has 29 heavy (non-hydrogen) atoms. The van der Waals surface area contributed by atoms with Crippen molar-refractivity contribution >= 4 is 31.4 Å². The Bertz CT molecular complexity index is 1080. The minimum absolute atomic E-state index is 0.104. The molecule has 0 bridgehead atoms. The molecule has 0 amide bonds. The fourth-order valence-electron chi connectivity index (χ4n) is 3.14. The number of anilines is 2. The van der Waals surface area contributed by atoms with Crippen molar-refractivity contribution in [3.05, 3.63) is 48.0 Å². The summed E-state index contributed by atoms with van der Waals surface area (Å²) in [6.45, 7) is 5.01. The van der Waals surface area contributed by atoms with E-state index in [0.29, 0.717) is 36.2 Å². The number of rotatable bonds is 7. The molecule has 0 saturated carbocycles. The second-order valence-corrected chi connectivity index (χ2v) is 11.2. The molecule has 158 valence electrons. The maximum atomic E-state index is 12.7. The van der Waals surface area contributed by atoms with Crippen LogP contribution in [0.4, 0.5) is 11.4 Å². The zero-order chi connectivity index (χ0) is 21.2. The van der Waals surface area contributed by atoms with Crippen molar-refractivity contribution < 1.29 is 21.6 Å². The number of fused-ring (bicyclic) bond motifs is 1. The third-order valence-electron chi connectivity index (χ3n) is 4.53. The Morgan fingerprint density at radius 3 is 2.38 bits per heavy atom. The van der Waals surface area contributed by atoms with E-state index in [2.05, 4.69) is 4.72 Å². The average Bonchev–Trinajstić information content (AvgIpc) is 2.65. The van der Waals surface area contributed by atoms with Gasteiger partial charge >= 0.3 is 0 Å². The zero-order valence-corrected chi connectivity index (χ0v) is 18.4. The normalized spacial score (nSPS) is 14.6.